The van der Waals surface area contributed by atoms with E-state index < -0.39 is 46.3 Å². The lowest BCUT2D eigenvalue weighted by Crippen LogP contribution is -2.42. The molecule has 2 fully saturated rings. The molecular weight excluding hydrogens is 564 g/mol. The van der Waals surface area contributed by atoms with E-state index in [4.69, 9.17) is 14.2 Å². The highest BCUT2D eigenvalue weighted by molar-refractivity contribution is 6.16. The van der Waals surface area contributed by atoms with Crippen LogP contribution in [-0.4, -0.2) is 56.6 Å². The van der Waals surface area contributed by atoms with Crippen LogP contribution in [0.1, 0.15) is 80.0 Å². The predicted octanol–water partition coefficient (Wildman–Crippen LogP) is 4.47. The summed E-state index contributed by atoms with van der Waals surface area (Å²) in [6.07, 6.45) is 2.16. The summed E-state index contributed by atoms with van der Waals surface area (Å²) < 4.78 is 14.9. The predicted molar refractivity (Wildman–Crippen MR) is 160 cm³/mol. The van der Waals surface area contributed by atoms with E-state index in [1.807, 2.05) is 0 Å². The van der Waals surface area contributed by atoms with Crippen molar-refractivity contribution in [1.82, 2.24) is 0 Å². The van der Waals surface area contributed by atoms with Crippen LogP contribution in [0.4, 0.5) is 0 Å². The highest BCUT2D eigenvalue weighted by Gasteiger charge is 2.56. The van der Waals surface area contributed by atoms with Gasteiger partial charge in [0.05, 0.1) is 33.2 Å². The standard InChI is InChI=1S/C35H40O9/c1-21(25-12-8-23(9-13-25)19-34(32(40)43-4)17-6-7-28(34)36)29(37)27-16-18-35(30(27)38,33(41)44-5)20-24-10-14-26(15-11-24)22(2)31(39)42-3/h8-15,21-22,27H,6-7,16-20H2,1-5H3. The molecule has 0 N–H and O–H groups in total. The molecule has 9 nitrogen and oxygen atoms in total. The first-order valence-corrected chi connectivity index (χ1v) is 15.0. The Bertz CT molecular complexity index is 1440. The maximum atomic E-state index is 13.9. The maximum absolute atomic E-state index is 13.9. The van der Waals surface area contributed by atoms with Gasteiger partial charge >= 0.3 is 17.9 Å². The van der Waals surface area contributed by atoms with Crippen molar-refractivity contribution in [3.05, 3.63) is 70.8 Å². The third kappa shape index (κ3) is 5.97. The average Bonchev–Trinajstić information content (AvgIpc) is 3.58. The van der Waals surface area contributed by atoms with Crippen molar-refractivity contribution >= 4 is 35.3 Å². The highest BCUT2D eigenvalue weighted by Crippen LogP contribution is 2.45. The molecule has 2 aromatic rings. The number of hydrogen-bond acceptors (Lipinski definition) is 9. The molecule has 2 aliphatic rings. The number of ether oxygens (including phenoxy) is 3. The van der Waals surface area contributed by atoms with Gasteiger partial charge < -0.3 is 14.2 Å². The molecule has 4 rings (SSSR count). The molecule has 9 heteroatoms. The fraction of sp³-hybridized carbons (Fsp3) is 0.486. The number of esters is 3. The summed E-state index contributed by atoms with van der Waals surface area (Å²) in [6, 6.07) is 14.3. The lowest BCUT2D eigenvalue weighted by molar-refractivity contribution is -0.158. The summed E-state index contributed by atoms with van der Waals surface area (Å²) >= 11 is 0. The molecular formula is C35H40O9. The molecule has 2 aromatic carbocycles. The Balaban J connectivity index is 1.50. The molecule has 0 bridgehead atoms. The summed E-state index contributed by atoms with van der Waals surface area (Å²) in [5.74, 6) is -4.41. The van der Waals surface area contributed by atoms with Gasteiger partial charge in [-0.3, -0.25) is 28.8 Å². The number of Topliss-reactive ketones (excluding diaryl/α,β-unsaturated/α-hetero) is 3. The molecule has 5 atom stereocenters. The Morgan fingerprint density at radius 3 is 1.70 bits per heavy atom. The van der Waals surface area contributed by atoms with Crippen LogP contribution in [0, 0.1) is 16.7 Å². The van der Waals surface area contributed by atoms with Crippen LogP contribution in [0.5, 0.6) is 0 Å². The first kappa shape index (κ1) is 32.8. The lowest BCUT2D eigenvalue weighted by Gasteiger charge is -2.26. The van der Waals surface area contributed by atoms with E-state index >= 15 is 0 Å². The molecule has 0 radical (unpaired) electrons. The zero-order valence-corrected chi connectivity index (χ0v) is 26.0. The first-order valence-electron chi connectivity index (χ1n) is 15.0. The van der Waals surface area contributed by atoms with Gasteiger partial charge in [-0.2, -0.15) is 0 Å². The van der Waals surface area contributed by atoms with Gasteiger partial charge in [0, 0.05) is 12.3 Å². The molecule has 0 aromatic heterocycles. The van der Waals surface area contributed by atoms with Crippen molar-refractivity contribution in [3.8, 4) is 0 Å². The Morgan fingerprint density at radius 2 is 1.23 bits per heavy atom. The van der Waals surface area contributed by atoms with Crippen LogP contribution in [0.25, 0.3) is 0 Å². The topological polar surface area (TPSA) is 130 Å². The van der Waals surface area contributed by atoms with Crippen molar-refractivity contribution < 1.29 is 43.0 Å². The van der Waals surface area contributed by atoms with E-state index in [0.29, 0.717) is 30.4 Å². The van der Waals surface area contributed by atoms with Crippen LogP contribution < -0.4 is 0 Å². The maximum Gasteiger partial charge on any atom is 0.319 e. The van der Waals surface area contributed by atoms with Crippen molar-refractivity contribution in [2.75, 3.05) is 21.3 Å². The monoisotopic (exact) mass is 604 g/mol. The molecule has 234 valence electrons. The van der Waals surface area contributed by atoms with E-state index in [9.17, 15) is 28.8 Å². The van der Waals surface area contributed by atoms with E-state index in [2.05, 4.69) is 0 Å². The summed E-state index contributed by atoms with van der Waals surface area (Å²) in [4.78, 5) is 77.7. The smallest absolute Gasteiger partial charge is 0.319 e. The molecule has 44 heavy (non-hydrogen) atoms. The molecule has 5 unspecified atom stereocenters. The largest absolute Gasteiger partial charge is 0.469 e. The number of hydrogen-bond donors (Lipinski definition) is 0. The van der Waals surface area contributed by atoms with E-state index in [1.54, 1.807) is 62.4 Å². The number of ketones is 3. The zero-order valence-electron chi connectivity index (χ0n) is 26.0. The molecule has 0 amide bonds. The van der Waals surface area contributed by atoms with E-state index in [-0.39, 0.29) is 43.2 Å². The lowest BCUT2D eigenvalue weighted by atomic mass is 9.76. The number of carbonyl (C=O) groups is 6. The summed E-state index contributed by atoms with van der Waals surface area (Å²) in [6.45, 7) is 3.47. The summed E-state index contributed by atoms with van der Waals surface area (Å²) in [5, 5.41) is 0. The minimum Gasteiger partial charge on any atom is -0.469 e. The van der Waals surface area contributed by atoms with E-state index in [1.165, 1.54) is 21.3 Å². The normalized spacial score (nSPS) is 24.4. The Kier molecular flexibility index (Phi) is 9.86. The number of benzene rings is 2. The Labute approximate surface area is 257 Å². The Hall–Kier alpha value is -4.14. The van der Waals surface area contributed by atoms with Crippen molar-refractivity contribution in [3.63, 3.8) is 0 Å². The van der Waals surface area contributed by atoms with Crippen LogP contribution in [0.3, 0.4) is 0 Å². The van der Waals surface area contributed by atoms with Gasteiger partial charge in [-0.05, 0) is 67.7 Å². The first-order chi connectivity index (χ1) is 20.9. The number of rotatable bonds is 11. The molecule has 2 aliphatic carbocycles. The molecule has 0 heterocycles. The second kappa shape index (κ2) is 13.2. The quantitative estimate of drug-likeness (QED) is 0.207. The van der Waals surface area contributed by atoms with Crippen LogP contribution in [0.2, 0.25) is 0 Å². The van der Waals surface area contributed by atoms with Crippen molar-refractivity contribution in [2.45, 2.75) is 70.6 Å². The fourth-order valence-corrected chi connectivity index (χ4v) is 6.82. The summed E-state index contributed by atoms with van der Waals surface area (Å²) in [5.41, 5.74) is 0.278. The minimum atomic E-state index is -1.48. The van der Waals surface area contributed by atoms with Crippen LogP contribution >= 0.6 is 0 Å². The molecule has 2 saturated carbocycles. The number of methoxy groups -OCH3 is 3. The zero-order chi connectivity index (χ0) is 32.2. The van der Waals surface area contributed by atoms with Gasteiger partial charge in [0.1, 0.15) is 10.8 Å². The average molecular weight is 605 g/mol. The van der Waals surface area contributed by atoms with Crippen molar-refractivity contribution in [2.24, 2.45) is 16.7 Å². The van der Waals surface area contributed by atoms with Crippen LogP contribution in [0.15, 0.2) is 48.5 Å². The fourth-order valence-electron chi connectivity index (χ4n) is 6.82. The van der Waals surface area contributed by atoms with Gasteiger partial charge in [0.25, 0.3) is 0 Å². The third-order valence-electron chi connectivity index (χ3n) is 9.64. The van der Waals surface area contributed by atoms with Crippen LogP contribution in [-0.2, 0) is 55.8 Å². The Morgan fingerprint density at radius 1 is 0.727 bits per heavy atom. The van der Waals surface area contributed by atoms with Gasteiger partial charge in [-0.15, -0.1) is 0 Å². The van der Waals surface area contributed by atoms with Gasteiger partial charge in [0.15, 0.2) is 17.3 Å². The van der Waals surface area contributed by atoms with E-state index in [0.717, 1.165) is 11.1 Å². The SMILES string of the molecule is COC(=O)C(C)c1ccc(CC2(C(=O)OC)CCC(C(=O)C(C)c3ccc(CC4(C(=O)OC)CCCC4=O)cc3)C2=O)cc1. The second-order valence-electron chi connectivity index (χ2n) is 12.1. The van der Waals surface area contributed by atoms with Gasteiger partial charge in [0.2, 0.25) is 0 Å². The second-order valence-corrected chi connectivity index (χ2v) is 12.1. The molecule has 0 saturated heterocycles. The highest BCUT2D eigenvalue weighted by atomic mass is 16.5. The number of carbonyl (C=O) groups excluding carboxylic acids is 6. The minimum absolute atomic E-state index is 0.0823. The summed E-state index contributed by atoms with van der Waals surface area (Å²) in [7, 11) is 3.85. The van der Waals surface area contributed by atoms with Crippen molar-refractivity contribution in [1.29, 1.82) is 0 Å². The van der Waals surface area contributed by atoms with Gasteiger partial charge in [-0.1, -0.05) is 55.5 Å². The molecule has 0 spiro atoms. The molecule has 0 aliphatic heterocycles. The third-order valence-corrected chi connectivity index (χ3v) is 9.64. The van der Waals surface area contributed by atoms with Gasteiger partial charge in [-0.25, -0.2) is 0 Å².